The van der Waals surface area contributed by atoms with Crippen molar-refractivity contribution in [1.29, 1.82) is 0 Å². The van der Waals surface area contributed by atoms with Gasteiger partial charge in [0.15, 0.2) is 0 Å². The molecule has 1 fully saturated rings. The van der Waals surface area contributed by atoms with Gasteiger partial charge in [-0.25, -0.2) is 12.7 Å². The van der Waals surface area contributed by atoms with Crippen molar-refractivity contribution in [1.82, 2.24) is 4.31 Å². The van der Waals surface area contributed by atoms with Crippen molar-refractivity contribution >= 4 is 22.0 Å². The van der Waals surface area contributed by atoms with Gasteiger partial charge in [-0.15, -0.1) is 0 Å². The van der Waals surface area contributed by atoms with Gasteiger partial charge in [-0.05, 0) is 19.3 Å². The van der Waals surface area contributed by atoms with Gasteiger partial charge in [0.2, 0.25) is 10.0 Å². The van der Waals surface area contributed by atoms with Crippen molar-refractivity contribution in [2.24, 2.45) is 5.41 Å². The van der Waals surface area contributed by atoms with Crippen molar-refractivity contribution in [2.45, 2.75) is 44.8 Å². The minimum absolute atomic E-state index is 0.0357. The SMILES string of the molecule is CCC(CC)S(=O)(=O)N1CCC(CC(=O)O)(C(=O)O)C1. The zero-order valence-electron chi connectivity index (χ0n) is 11.7. The molecule has 0 aromatic carbocycles. The number of nitrogens with zero attached hydrogens (tertiary/aromatic N) is 1. The maximum Gasteiger partial charge on any atom is 0.311 e. The van der Waals surface area contributed by atoms with Crippen LogP contribution >= 0.6 is 0 Å². The molecule has 20 heavy (non-hydrogen) atoms. The Balaban J connectivity index is 2.99. The molecule has 0 amide bonds. The van der Waals surface area contributed by atoms with Crippen LogP contribution in [0.3, 0.4) is 0 Å². The molecule has 2 N–H and O–H groups in total. The van der Waals surface area contributed by atoms with Gasteiger partial charge in [0.1, 0.15) is 0 Å². The lowest BCUT2D eigenvalue weighted by Crippen LogP contribution is -2.41. The lowest BCUT2D eigenvalue weighted by Gasteiger charge is -2.25. The van der Waals surface area contributed by atoms with E-state index in [1.807, 2.05) is 0 Å². The Hall–Kier alpha value is -1.15. The van der Waals surface area contributed by atoms with E-state index in [0.717, 1.165) is 4.31 Å². The molecule has 1 heterocycles. The number of aliphatic carboxylic acids is 2. The van der Waals surface area contributed by atoms with E-state index >= 15 is 0 Å². The van der Waals surface area contributed by atoms with Crippen molar-refractivity contribution < 1.29 is 28.2 Å². The lowest BCUT2D eigenvalue weighted by molar-refractivity contribution is -0.154. The van der Waals surface area contributed by atoms with Gasteiger partial charge in [-0.1, -0.05) is 13.8 Å². The molecule has 1 saturated heterocycles. The molecule has 7 nitrogen and oxygen atoms in total. The first-order valence-electron chi connectivity index (χ1n) is 6.63. The molecule has 8 heteroatoms. The van der Waals surface area contributed by atoms with Crippen molar-refractivity contribution in [2.75, 3.05) is 13.1 Å². The second-order valence-corrected chi connectivity index (χ2v) is 7.44. The molecule has 0 bridgehead atoms. The Labute approximate surface area is 118 Å². The summed E-state index contributed by atoms with van der Waals surface area (Å²) in [6.45, 7) is 3.35. The first-order valence-corrected chi connectivity index (χ1v) is 8.14. The lowest BCUT2D eigenvalue weighted by atomic mass is 9.84. The number of carbonyl (C=O) groups is 2. The van der Waals surface area contributed by atoms with Crippen LogP contribution in [0.4, 0.5) is 0 Å². The van der Waals surface area contributed by atoms with Crippen molar-refractivity contribution in [3.63, 3.8) is 0 Å². The van der Waals surface area contributed by atoms with Crippen LogP contribution in [0, 0.1) is 5.41 Å². The number of carboxylic acid groups (broad SMARTS) is 2. The molecule has 1 rings (SSSR count). The first-order chi connectivity index (χ1) is 9.19. The highest BCUT2D eigenvalue weighted by molar-refractivity contribution is 7.89. The Bertz CT molecular complexity index is 484. The predicted molar refractivity (Wildman–Crippen MR) is 71.8 cm³/mol. The number of sulfonamides is 1. The Morgan fingerprint density at radius 2 is 1.80 bits per heavy atom. The van der Waals surface area contributed by atoms with Gasteiger partial charge < -0.3 is 10.2 Å². The van der Waals surface area contributed by atoms with Crippen molar-refractivity contribution in [3.05, 3.63) is 0 Å². The summed E-state index contributed by atoms with van der Waals surface area (Å²) in [5.41, 5.74) is -1.51. The molecule has 0 spiro atoms. The summed E-state index contributed by atoms with van der Waals surface area (Å²) in [4.78, 5) is 22.2. The molecule has 1 aliphatic heterocycles. The van der Waals surface area contributed by atoms with Crippen LogP contribution in [-0.2, 0) is 19.6 Å². The van der Waals surface area contributed by atoms with E-state index in [0.29, 0.717) is 12.8 Å². The molecule has 116 valence electrons. The number of hydrogen-bond donors (Lipinski definition) is 2. The Morgan fingerprint density at radius 1 is 1.25 bits per heavy atom. The molecule has 1 atom stereocenters. The van der Waals surface area contributed by atoms with Crippen LogP contribution in [0.5, 0.6) is 0 Å². The summed E-state index contributed by atoms with van der Waals surface area (Å²) in [6, 6.07) is 0. The number of hydrogen-bond acceptors (Lipinski definition) is 4. The number of rotatable bonds is 7. The molecule has 1 unspecified atom stereocenters. The highest BCUT2D eigenvalue weighted by atomic mass is 32.2. The second kappa shape index (κ2) is 6.09. The topological polar surface area (TPSA) is 112 Å². The zero-order chi connectivity index (χ0) is 15.6. The smallest absolute Gasteiger partial charge is 0.311 e. The van der Waals surface area contributed by atoms with Gasteiger partial charge >= 0.3 is 11.9 Å². The molecule has 0 saturated carbocycles. The maximum atomic E-state index is 12.4. The van der Waals surface area contributed by atoms with Crippen LogP contribution < -0.4 is 0 Å². The summed E-state index contributed by atoms with van der Waals surface area (Å²) in [7, 11) is -3.56. The molecular weight excluding hydrogens is 286 g/mol. The van der Waals surface area contributed by atoms with E-state index in [2.05, 4.69) is 0 Å². The van der Waals surface area contributed by atoms with Crippen molar-refractivity contribution in [3.8, 4) is 0 Å². The third-order valence-electron chi connectivity index (χ3n) is 3.95. The van der Waals surface area contributed by atoms with Crippen LogP contribution in [0.2, 0.25) is 0 Å². The molecule has 1 aliphatic rings. The average molecular weight is 307 g/mol. The van der Waals surface area contributed by atoms with Gasteiger partial charge in [0, 0.05) is 13.1 Å². The summed E-state index contributed by atoms with van der Waals surface area (Å²) in [6.07, 6.45) is 0.383. The van der Waals surface area contributed by atoms with Crippen LogP contribution in [-0.4, -0.2) is 53.2 Å². The van der Waals surface area contributed by atoms with E-state index in [-0.39, 0.29) is 19.5 Å². The third kappa shape index (κ3) is 3.12. The van der Waals surface area contributed by atoms with E-state index < -0.39 is 39.0 Å². The van der Waals surface area contributed by atoms with Gasteiger partial charge in [-0.3, -0.25) is 9.59 Å². The molecule has 0 aromatic heterocycles. The fourth-order valence-corrected chi connectivity index (χ4v) is 4.69. The van der Waals surface area contributed by atoms with E-state index in [1.54, 1.807) is 13.8 Å². The second-order valence-electron chi connectivity index (χ2n) is 5.22. The van der Waals surface area contributed by atoms with Crippen LogP contribution in [0.1, 0.15) is 39.5 Å². The van der Waals surface area contributed by atoms with Gasteiger partial charge in [-0.2, -0.15) is 0 Å². The van der Waals surface area contributed by atoms with Gasteiger partial charge in [0.05, 0.1) is 17.1 Å². The highest BCUT2D eigenvalue weighted by Crippen LogP contribution is 2.37. The fourth-order valence-electron chi connectivity index (χ4n) is 2.66. The Morgan fingerprint density at radius 3 is 2.20 bits per heavy atom. The van der Waals surface area contributed by atoms with E-state index in [4.69, 9.17) is 5.11 Å². The monoisotopic (exact) mass is 307 g/mol. The molecule has 0 aromatic rings. The minimum atomic E-state index is -3.56. The molecule has 0 radical (unpaired) electrons. The predicted octanol–water partition coefficient (Wildman–Crippen LogP) is 0.756. The first kappa shape index (κ1) is 16.9. The third-order valence-corrected chi connectivity index (χ3v) is 6.49. The largest absolute Gasteiger partial charge is 0.481 e. The standard InChI is InChI=1S/C12H21NO6S/c1-3-9(4-2)20(18,19)13-6-5-12(8-13,11(16)17)7-10(14)15/h9H,3-8H2,1-2H3,(H,14,15)(H,16,17). The Kier molecular flexibility index (Phi) is 5.15. The molecular formula is C12H21NO6S. The average Bonchev–Trinajstić information content (AvgIpc) is 2.75. The van der Waals surface area contributed by atoms with Crippen LogP contribution in [0.25, 0.3) is 0 Å². The quantitative estimate of drug-likeness (QED) is 0.718. The van der Waals surface area contributed by atoms with Crippen LogP contribution in [0.15, 0.2) is 0 Å². The fraction of sp³-hybridized carbons (Fsp3) is 0.833. The summed E-state index contributed by atoms with van der Waals surface area (Å²) in [5.74, 6) is -2.48. The summed E-state index contributed by atoms with van der Waals surface area (Å²) < 4.78 is 25.9. The van der Waals surface area contributed by atoms with E-state index in [1.165, 1.54) is 0 Å². The zero-order valence-corrected chi connectivity index (χ0v) is 12.5. The summed E-state index contributed by atoms with van der Waals surface area (Å²) in [5, 5.41) is 17.6. The minimum Gasteiger partial charge on any atom is -0.481 e. The van der Waals surface area contributed by atoms with E-state index in [9.17, 15) is 23.1 Å². The number of carboxylic acids is 2. The normalized spacial score (nSPS) is 24.1. The maximum absolute atomic E-state index is 12.4. The summed E-state index contributed by atoms with van der Waals surface area (Å²) >= 11 is 0. The molecule has 0 aliphatic carbocycles. The van der Waals surface area contributed by atoms with Gasteiger partial charge in [0.25, 0.3) is 0 Å². The highest BCUT2D eigenvalue weighted by Gasteiger charge is 2.50.